The van der Waals surface area contributed by atoms with Gasteiger partial charge < -0.3 is 10.6 Å². The molecule has 0 aromatic carbocycles. The molecule has 0 spiro atoms. The van der Waals surface area contributed by atoms with E-state index in [4.69, 9.17) is 10.7 Å². The third-order valence-electron chi connectivity index (χ3n) is 5.39. The number of nitrogens with two attached hydrogens (primary N) is 1. The summed E-state index contributed by atoms with van der Waals surface area (Å²) in [4.78, 5) is 11.7. The molecule has 0 amide bonds. The van der Waals surface area contributed by atoms with Gasteiger partial charge in [-0.2, -0.15) is 0 Å². The fourth-order valence-electron chi connectivity index (χ4n) is 3.52. The van der Waals surface area contributed by atoms with E-state index in [1.165, 1.54) is 44.9 Å². The van der Waals surface area contributed by atoms with Crippen molar-refractivity contribution in [2.24, 2.45) is 5.92 Å². The molecule has 2 fully saturated rings. The Labute approximate surface area is 128 Å². The Morgan fingerprint density at radius 1 is 1.10 bits per heavy atom. The van der Waals surface area contributed by atoms with Crippen molar-refractivity contribution in [2.75, 3.05) is 17.7 Å². The van der Waals surface area contributed by atoms with Gasteiger partial charge in [0.05, 0.1) is 0 Å². The lowest BCUT2D eigenvalue weighted by Crippen LogP contribution is -2.36. The lowest BCUT2D eigenvalue weighted by atomic mass is 9.84. The van der Waals surface area contributed by atoms with Gasteiger partial charge in [-0.25, -0.2) is 9.97 Å². The van der Waals surface area contributed by atoms with E-state index in [1.54, 1.807) is 0 Å². The first-order chi connectivity index (χ1) is 10.1. The number of nitrogens with zero attached hydrogens (tertiary/aromatic N) is 3. The molecule has 2 aliphatic carbocycles. The number of hydrogen-bond donors (Lipinski definition) is 1. The predicted octanol–water partition coefficient (Wildman–Crippen LogP) is 3.65. The molecule has 2 saturated carbocycles. The zero-order valence-corrected chi connectivity index (χ0v) is 13.6. The molecule has 0 atom stereocenters. The second-order valence-electron chi connectivity index (χ2n) is 6.88. The van der Waals surface area contributed by atoms with Crippen LogP contribution in [0.15, 0.2) is 0 Å². The van der Waals surface area contributed by atoms with Crippen LogP contribution in [0.2, 0.25) is 0 Å². The van der Waals surface area contributed by atoms with Crippen molar-refractivity contribution in [1.29, 1.82) is 0 Å². The van der Waals surface area contributed by atoms with Crippen LogP contribution >= 0.6 is 0 Å². The highest BCUT2D eigenvalue weighted by molar-refractivity contribution is 5.57. The van der Waals surface area contributed by atoms with Crippen molar-refractivity contribution in [2.45, 2.75) is 70.8 Å². The van der Waals surface area contributed by atoms with E-state index in [0.717, 1.165) is 23.1 Å². The Kier molecular flexibility index (Phi) is 4.05. The lowest BCUT2D eigenvalue weighted by molar-refractivity contribution is 0.312. The number of nitrogen functional groups attached to an aromatic ring is 1. The maximum absolute atomic E-state index is 6.12. The summed E-state index contributed by atoms with van der Waals surface area (Å²) >= 11 is 0. The summed E-state index contributed by atoms with van der Waals surface area (Å²) in [5, 5.41) is 0. The molecule has 0 bridgehead atoms. The second kappa shape index (κ2) is 5.82. The van der Waals surface area contributed by atoms with Gasteiger partial charge in [0.15, 0.2) is 0 Å². The van der Waals surface area contributed by atoms with E-state index in [9.17, 15) is 0 Å². The molecular formula is C17H28N4. The number of anilines is 2. The van der Waals surface area contributed by atoms with Crippen LogP contribution in [0.1, 0.15) is 69.2 Å². The van der Waals surface area contributed by atoms with Crippen molar-refractivity contribution >= 4 is 11.6 Å². The minimum Gasteiger partial charge on any atom is -0.383 e. The molecule has 2 aliphatic rings. The van der Waals surface area contributed by atoms with Gasteiger partial charge >= 0.3 is 0 Å². The maximum Gasteiger partial charge on any atom is 0.137 e. The van der Waals surface area contributed by atoms with Gasteiger partial charge in [0.1, 0.15) is 17.5 Å². The molecule has 1 heterocycles. The summed E-state index contributed by atoms with van der Waals surface area (Å²) in [5.74, 6) is 4.16. The Balaban J connectivity index is 1.79. The van der Waals surface area contributed by atoms with Gasteiger partial charge in [-0.3, -0.25) is 0 Å². The van der Waals surface area contributed by atoms with Crippen LogP contribution in [-0.4, -0.2) is 23.1 Å². The number of aromatic nitrogens is 2. The molecule has 0 saturated heterocycles. The normalized spacial score (nSPS) is 25.9. The van der Waals surface area contributed by atoms with E-state index in [0.29, 0.717) is 17.8 Å². The topological polar surface area (TPSA) is 55.0 Å². The van der Waals surface area contributed by atoms with Crippen LogP contribution in [0.5, 0.6) is 0 Å². The third kappa shape index (κ3) is 2.99. The molecule has 0 aliphatic heterocycles. The first-order valence-electron chi connectivity index (χ1n) is 8.47. The Hall–Kier alpha value is -1.32. The van der Waals surface area contributed by atoms with Crippen LogP contribution in [0.4, 0.5) is 11.6 Å². The fraction of sp³-hybridized carbons (Fsp3) is 0.765. The highest BCUT2D eigenvalue weighted by atomic mass is 15.2. The zero-order chi connectivity index (χ0) is 15.0. The quantitative estimate of drug-likeness (QED) is 0.919. The molecule has 4 nitrogen and oxygen atoms in total. The van der Waals surface area contributed by atoms with E-state index >= 15 is 0 Å². The van der Waals surface area contributed by atoms with Gasteiger partial charge in [0.25, 0.3) is 0 Å². The van der Waals surface area contributed by atoms with Gasteiger partial charge in [-0.1, -0.05) is 13.3 Å². The SMILES string of the molecule is CCC1CCC(N(C)c2nc(C3CC3)nc(N)c2C)CC1. The van der Waals surface area contributed by atoms with Crippen LogP contribution in [-0.2, 0) is 0 Å². The largest absolute Gasteiger partial charge is 0.383 e. The van der Waals surface area contributed by atoms with Crippen molar-refractivity contribution in [3.05, 3.63) is 11.4 Å². The molecule has 21 heavy (non-hydrogen) atoms. The minimum atomic E-state index is 0.552. The molecule has 1 aromatic heterocycles. The molecule has 3 rings (SSSR count). The predicted molar refractivity (Wildman–Crippen MR) is 87.6 cm³/mol. The Bertz CT molecular complexity index is 502. The van der Waals surface area contributed by atoms with Crippen LogP contribution in [0.25, 0.3) is 0 Å². The zero-order valence-electron chi connectivity index (χ0n) is 13.6. The Morgan fingerprint density at radius 2 is 1.76 bits per heavy atom. The van der Waals surface area contributed by atoms with E-state index in [-0.39, 0.29) is 0 Å². The van der Waals surface area contributed by atoms with Crippen molar-refractivity contribution in [3.8, 4) is 0 Å². The molecule has 1 aromatic rings. The third-order valence-corrected chi connectivity index (χ3v) is 5.39. The smallest absolute Gasteiger partial charge is 0.137 e. The molecule has 2 N–H and O–H groups in total. The Morgan fingerprint density at radius 3 is 2.33 bits per heavy atom. The molecular weight excluding hydrogens is 260 g/mol. The standard InChI is InChI=1S/C17H28N4/c1-4-12-5-9-14(10-6-12)21(3)17-11(2)15(18)19-16(20-17)13-7-8-13/h12-14H,4-10H2,1-3H3,(H2,18,19,20). The first-order valence-corrected chi connectivity index (χ1v) is 8.47. The molecule has 4 heteroatoms. The van der Waals surface area contributed by atoms with Crippen LogP contribution in [0.3, 0.4) is 0 Å². The van der Waals surface area contributed by atoms with Gasteiger partial charge in [-0.15, -0.1) is 0 Å². The van der Waals surface area contributed by atoms with Crippen molar-refractivity contribution < 1.29 is 0 Å². The maximum atomic E-state index is 6.12. The average molecular weight is 288 g/mol. The monoisotopic (exact) mass is 288 g/mol. The van der Waals surface area contributed by atoms with E-state index in [2.05, 4.69) is 30.8 Å². The summed E-state index contributed by atoms with van der Waals surface area (Å²) in [6, 6.07) is 0.604. The second-order valence-corrected chi connectivity index (χ2v) is 6.88. The average Bonchev–Trinajstić information content (AvgIpc) is 3.34. The van der Waals surface area contributed by atoms with Crippen LogP contribution in [0, 0.1) is 12.8 Å². The number of hydrogen-bond acceptors (Lipinski definition) is 4. The highest BCUT2D eigenvalue weighted by Crippen LogP contribution is 2.40. The molecule has 116 valence electrons. The molecule has 0 radical (unpaired) electrons. The summed E-state index contributed by atoms with van der Waals surface area (Å²) in [6.07, 6.45) is 9.00. The lowest BCUT2D eigenvalue weighted by Gasteiger charge is -2.36. The van der Waals surface area contributed by atoms with Crippen LogP contribution < -0.4 is 10.6 Å². The number of rotatable bonds is 4. The molecule has 0 unspecified atom stereocenters. The summed E-state index contributed by atoms with van der Waals surface area (Å²) in [5.41, 5.74) is 7.16. The van der Waals surface area contributed by atoms with E-state index < -0.39 is 0 Å². The van der Waals surface area contributed by atoms with Crippen molar-refractivity contribution in [1.82, 2.24) is 9.97 Å². The summed E-state index contributed by atoms with van der Waals surface area (Å²) < 4.78 is 0. The summed E-state index contributed by atoms with van der Waals surface area (Å²) in [6.45, 7) is 4.36. The van der Waals surface area contributed by atoms with Gasteiger partial charge in [-0.05, 0) is 51.4 Å². The summed E-state index contributed by atoms with van der Waals surface area (Å²) in [7, 11) is 2.18. The highest BCUT2D eigenvalue weighted by Gasteiger charge is 2.30. The van der Waals surface area contributed by atoms with Gasteiger partial charge in [0.2, 0.25) is 0 Å². The minimum absolute atomic E-state index is 0.552. The van der Waals surface area contributed by atoms with Gasteiger partial charge in [0, 0.05) is 24.6 Å². The first kappa shape index (κ1) is 14.6. The van der Waals surface area contributed by atoms with E-state index in [1.807, 2.05) is 0 Å². The fourth-order valence-corrected chi connectivity index (χ4v) is 3.52. The van der Waals surface area contributed by atoms with Crippen molar-refractivity contribution in [3.63, 3.8) is 0 Å².